The van der Waals surface area contributed by atoms with Crippen LogP contribution in [0.2, 0.25) is 0 Å². The minimum Gasteiger partial charge on any atom is -0.504 e. The summed E-state index contributed by atoms with van der Waals surface area (Å²) in [5.74, 6) is -0.0801. The summed E-state index contributed by atoms with van der Waals surface area (Å²) in [6, 6.07) is 16.6. The average molecular weight is 679 g/mol. The number of hydrogen-bond donors (Lipinski definition) is 2. The maximum absolute atomic E-state index is 14.1. The molecule has 226 valence electrons. The molecule has 1 aliphatic heterocycles. The van der Waals surface area contributed by atoms with Crippen LogP contribution in [0.15, 0.2) is 80.5 Å². The number of aromatic nitrogens is 1. The first-order valence-electron chi connectivity index (χ1n) is 13.5. The summed E-state index contributed by atoms with van der Waals surface area (Å²) in [7, 11) is 1.43. The van der Waals surface area contributed by atoms with Crippen molar-refractivity contribution >= 4 is 50.7 Å². The average Bonchev–Trinajstić information content (AvgIpc) is 3.30. The topological polar surface area (TPSA) is 142 Å². The summed E-state index contributed by atoms with van der Waals surface area (Å²) in [6.45, 7) is 3.26. The van der Waals surface area contributed by atoms with Crippen LogP contribution in [0.3, 0.4) is 0 Å². The molecular formula is C32H28BrN3O7S. The van der Waals surface area contributed by atoms with Crippen LogP contribution in [-0.4, -0.2) is 41.7 Å². The van der Waals surface area contributed by atoms with Crippen molar-refractivity contribution in [2.45, 2.75) is 19.9 Å². The smallest absolute Gasteiger partial charge is 0.271 e. The molecule has 0 saturated carbocycles. The number of thiazole rings is 1. The number of nitrogens with two attached hydrogens (primary N) is 1. The SMILES string of the molecule is CCOc1cc(/C=c2\sc3n(c2=O)C(c2ccc(O)c(OC)c2)C(C(C)=O)=C(c2ccccc2)N=3)cc(Br)c1OCC(N)=O. The second kappa shape index (κ2) is 12.9. The number of fused-ring (bicyclic) bond motifs is 1. The van der Waals surface area contributed by atoms with E-state index in [0.29, 0.717) is 54.3 Å². The fourth-order valence-electron chi connectivity index (χ4n) is 4.93. The number of ketones is 1. The zero-order chi connectivity index (χ0) is 31.5. The molecule has 1 atom stereocenters. The highest BCUT2D eigenvalue weighted by molar-refractivity contribution is 9.10. The number of nitrogens with zero attached hydrogens (tertiary/aromatic N) is 2. The molecular weight excluding hydrogens is 650 g/mol. The summed E-state index contributed by atoms with van der Waals surface area (Å²) in [6.07, 6.45) is 1.70. The number of aromatic hydroxyl groups is 1. The Morgan fingerprint density at radius 1 is 1.11 bits per heavy atom. The van der Waals surface area contributed by atoms with Crippen LogP contribution in [0, 0.1) is 0 Å². The van der Waals surface area contributed by atoms with E-state index in [0.717, 1.165) is 5.56 Å². The van der Waals surface area contributed by atoms with Gasteiger partial charge in [0.25, 0.3) is 11.5 Å². The predicted molar refractivity (Wildman–Crippen MR) is 170 cm³/mol. The predicted octanol–water partition coefficient (Wildman–Crippen LogP) is 3.70. The van der Waals surface area contributed by atoms with Gasteiger partial charge in [-0.05, 0) is 71.2 Å². The van der Waals surface area contributed by atoms with Crippen LogP contribution in [0.4, 0.5) is 0 Å². The van der Waals surface area contributed by atoms with E-state index < -0.39 is 11.9 Å². The third kappa shape index (κ3) is 6.03. The Morgan fingerprint density at radius 2 is 1.86 bits per heavy atom. The van der Waals surface area contributed by atoms with E-state index in [2.05, 4.69) is 15.9 Å². The number of carbonyl (C=O) groups is 2. The zero-order valence-corrected chi connectivity index (χ0v) is 26.4. The number of Topliss-reactive ketones (excluding diaryl/α,β-unsaturated/α-hetero) is 1. The zero-order valence-electron chi connectivity index (χ0n) is 24.0. The highest BCUT2D eigenvalue weighted by atomic mass is 79.9. The molecule has 0 radical (unpaired) electrons. The van der Waals surface area contributed by atoms with E-state index in [1.54, 1.807) is 30.3 Å². The number of phenolic OH excluding ortho intramolecular Hbond substituents is 1. The van der Waals surface area contributed by atoms with Crippen molar-refractivity contribution in [1.29, 1.82) is 0 Å². The molecule has 12 heteroatoms. The molecule has 0 fully saturated rings. The summed E-state index contributed by atoms with van der Waals surface area (Å²) < 4.78 is 19.0. The van der Waals surface area contributed by atoms with Gasteiger partial charge in [0.2, 0.25) is 0 Å². The monoisotopic (exact) mass is 677 g/mol. The molecule has 0 bridgehead atoms. The van der Waals surface area contributed by atoms with Crippen LogP contribution in [0.25, 0.3) is 11.8 Å². The highest BCUT2D eigenvalue weighted by Crippen LogP contribution is 2.39. The normalized spacial score (nSPS) is 14.5. The van der Waals surface area contributed by atoms with E-state index >= 15 is 0 Å². The standard InChI is InChI=1S/C32H28BrN3O7S/c1-4-42-24-13-18(12-21(33)30(24)43-16-26(34)39)14-25-31(40)36-29(20-10-11-22(38)23(15-20)41-3)27(17(2)37)28(35-32(36)44-25)19-8-6-5-7-9-19/h5-15,29,38H,4,16H2,1-3H3,(H2,34,39)/b25-14-. The molecule has 2 heterocycles. The first kappa shape index (κ1) is 30.8. The lowest BCUT2D eigenvalue weighted by molar-refractivity contribution is -0.120. The molecule has 0 aliphatic carbocycles. The van der Waals surface area contributed by atoms with Gasteiger partial charge < -0.3 is 25.1 Å². The van der Waals surface area contributed by atoms with Gasteiger partial charge in [-0.25, -0.2) is 4.99 Å². The van der Waals surface area contributed by atoms with Gasteiger partial charge in [0.05, 0.1) is 34.5 Å². The number of carbonyl (C=O) groups excluding carboxylic acids is 2. The Labute approximate surface area is 264 Å². The number of benzene rings is 3. The number of halogens is 1. The molecule has 3 aromatic carbocycles. The first-order chi connectivity index (χ1) is 21.1. The van der Waals surface area contributed by atoms with Crippen LogP contribution in [-0.2, 0) is 9.59 Å². The number of rotatable bonds is 10. The lowest BCUT2D eigenvalue weighted by Crippen LogP contribution is -2.39. The maximum Gasteiger partial charge on any atom is 0.271 e. The number of hydrogen-bond acceptors (Lipinski definition) is 9. The second-order valence-corrected chi connectivity index (χ2v) is 11.6. The van der Waals surface area contributed by atoms with Crippen molar-refractivity contribution < 1.29 is 28.9 Å². The van der Waals surface area contributed by atoms with Crippen LogP contribution < -0.4 is 34.8 Å². The van der Waals surface area contributed by atoms with Crippen LogP contribution >= 0.6 is 27.3 Å². The molecule has 1 unspecified atom stereocenters. The minimum absolute atomic E-state index is 0.0702. The summed E-state index contributed by atoms with van der Waals surface area (Å²) >= 11 is 4.65. The fraction of sp³-hybridized carbons (Fsp3) is 0.188. The third-order valence-electron chi connectivity index (χ3n) is 6.77. The molecule has 44 heavy (non-hydrogen) atoms. The molecule has 1 aliphatic rings. The summed E-state index contributed by atoms with van der Waals surface area (Å²) in [5.41, 5.74) is 7.59. The van der Waals surface area contributed by atoms with Crippen LogP contribution in [0.1, 0.15) is 36.6 Å². The van der Waals surface area contributed by atoms with Gasteiger partial charge >= 0.3 is 0 Å². The Balaban J connectivity index is 1.75. The largest absolute Gasteiger partial charge is 0.504 e. The van der Waals surface area contributed by atoms with Gasteiger partial charge in [-0.15, -0.1) is 0 Å². The summed E-state index contributed by atoms with van der Waals surface area (Å²) in [4.78, 5) is 44.0. The molecule has 1 aromatic heterocycles. The van der Waals surface area contributed by atoms with Crippen molar-refractivity contribution in [3.63, 3.8) is 0 Å². The molecule has 1 amide bonds. The number of phenols is 1. The minimum atomic E-state index is -0.842. The molecule has 3 N–H and O–H groups in total. The van der Waals surface area contributed by atoms with E-state index in [1.807, 2.05) is 37.3 Å². The van der Waals surface area contributed by atoms with E-state index in [-0.39, 0.29) is 29.4 Å². The van der Waals surface area contributed by atoms with E-state index in [9.17, 15) is 19.5 Å². The molecule has 10 nitrogen and oxygen atoms in total. The van der Waals surface area contributed by atoms with Crippen molar-refractivity contribution in [2.24, 2.45) is 10.7 Å². The Morgan fingerprint density at radius 3 is 2.52 bits per heavy atom. The fourth-order valence-corrected chi connectivity index (χ4v) is 6.51. The van der Waals surface area contributed by atoms with Gasteiger partial charge in [-0.3, -0.25) is 19.0 Å². The van der Waals surface area contributed by atoms with Gasteiger partial charge in [-0.2, -0.15) is 0 Å². The van der Waals surface area contributed by atoms with E-state index in [4.69, 9.17) is 24.9 Å². The lowest BCUT2D eigenvalue weighted by Gasteiger charge is -2.26. The molecule has 5 rings (SSSR count). The number of amides is 1. The van der Waals surface area contributed by atoms with Gasteiger partial charge in [-0.1, -0.05) is 47.7 Å². The molecule has 0 saturated heterocycles. The number of primary amides is 1. The number of ether oxygens (including phenoxy) is 3. The third-order valence-corrected chi connectivity index (χ3v) is 8.34. The first-order valence-corrected chi connectivity index (χ1v) is 15.1. The van der Waals surface area contributed by atoms with Crippen molar-refractivity contribution in [3.05, 3.63) is 107 Å². The molecule has 4 aromatic rings. The second-order valence-electron chi connectivity index (χ2n) is 9.72. The number of methoxy groups -OCH3 is 1. The summed E-state index contributed by atoms with van der Waals surface area (Å²) in [5, 5.41) is 10.3. The van der Waals surface area contributed by atoms with Crippen molar-refractivity contribution in [2.75, 3.05) is 20.3 Å². The maximum atomic E-state index is 14.1. The number of allylic oxidation sites excluding steroid dienone is 1. The van der Waals surface area contributed by atoms with E-state index in [1.165, 1.54) is 36.0 Å². The van der Waals surface area contributed by atoms with Gasteiger partial charge in [0.15, 0.2) is 40.2 Å². The van der Waals surface area contributed by atoms with Gasteiger partial charge in [0, 0.05) is 11.1 Å². The van der Waals surface area contributed by atoms with Crippen molar-refractivity contribution in [3.8, 4) is 23.0 Å². The Bertz CT molecular complexity index is 1980. The van der Waals surface area contributed by atoms with Crippen molar-refractivity contribution in [1.82, 2.24) is 4.57 Å². The van der Waals surface area contributed by atoms with Crippen LogP contribution in [0.5, 0.6) is 23.0 Å². The Hall–Kier alpha value is -4.68. The molecule has 0 spiro atoms. The quantitative estimate of drug-likeness (QED) is 0.261. The van der Waals surface area contributed by atoms with Gasteiger partial charge in [0.1, 0.15) is 0 Å². The Kier molecular flexibility index (Phi) is 9.02. The lowest BCUT2D eigenvalue weighted by atomic mass is 9.90. The highest BCUT2D eigenvalue weighted by Gasteiger charge is 2.33.